The summed E-state index contributed by atoms with van der Waals surface area (Å²) >= 11 is 0. The minimum Gasteiger partial charge on any atom is -0.507 e. The van der Waals surface area contributed by atoms with Gasteiger partial charge in [-0.2, -0.15) is 13.2 Å². The van der Waals surface area contributed by atoms with Crippen molar-refractivity contribution in [3.05, 3.63) is 42.2 Å². The predicted octanol–water partition coefficient (Wildman–Crippen LogP) is 3.74. The van der Waals surface area contributed by atoms with Crippen molar-refractivity contribution in [2.45, 2.75) is 37.6 Å². The van der Waals surface area contributed by atoms with E-state index in [0.717, 1.165) is 12.5 Å². The number of halogens is 3. The molecule has 0 bridgehead atoms. The molecule has 1 fully saturated rings. The fourth-order valence-electron chi connectivity index (χ4n) is 3.49. The molecule has 1 aliphatic carbocycles. The van der Waals surface area contributed by atoms with Crippen LogP contribution in [0.4, 0.5) is 19.0 Å². The molecule has 9 heteroatoms. The van der Waals surface area contributed by atoms with Crippen LogP contribution in [0.5, 0.6) is 5.75 Å². The van der Waals surface area contributed by atoms with Crippen LogP contribution >= 0.6 is 0 Å². The molecule has 2 atom stereocenters. The van der Waals surface area contributed by atoms with Crippen LogP contribution in [0.15, 0.2) is 36.7 Å². The van der Waals surface area contributed by atoms with Gasteiger partial charge >= 0.3 is 6.18 Å². The summed E-state index contributed by atoms with van der Waals surface area (Å²) in [5.74, 6) is -0.0424. The molecule has 0 radical (unpaired) electrons. The molecule has 146 valence electrons. The van der Waals surface area contributed by atoms with E-state index < -0.39 is 17.5 Å². The molecule has 1 saturated carbocycles. The molecule has 4 rings (SSSR count). The fourth-order valence-corrected chi connectivity index (χ4v) is 3.49. The lowest BCUT2D eigenvalue weighted by molar-refractivity contribution is -0.137. The number of anilines is 1. The summed E-state index contributed by atoms with van der Waals surface area (Å²) < 4.78 is 38.6. The Morgan fingerprint density at radius 2 is 1.89 bits per heavy atom. The molecule has 3 N–H and O–H groups in total. The fraction of sp³-hybridized carbons (Fsp3) is 0.316. The lowest BCUT2D eigenvalue weighted by atomic mass is 10.0. The van der Waals surface area contributed by atoms with Gasteiger partial charge in [0.15, 0.2) is 5.82 Å². The molecule has 0 saturated heterocycles. The van der Waals surface area contributed by atoms with Crippen molar-refractivity contribution in [1.82, 2.24) is 15.2 Å². The Balaban J connectivity index is 1.76. The first-order valence-corrected chi connectivity index (χ1v) is 8.78. The molecule has 1 unspecified atom stereocenters. The highest BCUT2D eigenvalue weighted by molar-refractivity contribution is 6.00. The number of benzene rings is 1. The minimum absolute atomic E-state index is 0.0537. The SMILES string of the molecule is Oc1cc(C(F)(F)F)ccc1-c1nnc(NC2CC[C@H](O)C2)c2cnccc12. The normalized spacial score (nSPS) is 19.9. The van der Waals surface area contributed by atoms with Gasteiger partial charge in [-0.05, 0) is 43.5 Å². The van der Waals surface area contributed by atoms with Gasteiger partial charge in [0.2, 0.25) is 0 Å². The number of nitrogens with one attached hydrogen (secondary N) is 1. The molecular formula is C19H17F3N4O2. The van der Waals surface area contributed by atoms with Crippen LogP contribution in [0.3, 0.4) is 0 Å². The van der Waals surface area contributed by atoms with E-state index in [-0.39, 0.29) is 23.4 Å². The molecule has 1 aromatic carbocycles. The Kier molecular flexibility index (Phi) is 4.54. The molecule has 28 heavy (non-hydrogen) atoms. The lowest BCUT2D eigenvalue weighted by Gasteiger charge is -2.16. The molecule has 2 aromatic heterocycles. The van der Waals surface area contributed by atoms with Crippen LogP contribution in [0.25, 0.3) is 22.0 Å². The van der Waals surface area contributed by atoms with Crippen molar-refractivity contribution in [1.29, 1.82) is 0 Å². The number of rotatable bonds is 3. The van der Waals surface area contributed by atoms with E-state index in [2.05, 4.69) is 20.5 Å². The van der Waals surface area contributed by atoms with E-state index in [1.54, 1.807) is 12.3 Å². The van der Waals surface area contributed by atoms with Gasteiger partial charge in [0.1, 0.15) is 11.4 Å². The van der Waals surface area contributed by atoms with Gasteiger partial charge in [-0.1, -0.05) is 0 Å². The smallest absolute Gasteiger partial charge is 0.416 e. The maximum absolute atomic E-state index is 12.9. The van der Waals surface area contributed by atoms with Crippen LogP contribution in [0.1, 0.15) is 24.8 Å². The van der Waals surface area contributed by atoms with E-state index in [1.807, 2.05) is 0 Å². The predicted molar refractivity (Wildman–Crippen MR) is 96.7 cm³/mol. The van der Waals surface area contributed by atoms with Gasteiger partial charge in [-0.3, -0.25) is 4.98 Å². The van der Waals surface area contributed by atoms with Crippen LogP contribution in [0.2, 0.25) is 0 Å². The van der Waals surface area contributed by atoms with Crippen LogP contribution in [-0.4, -0.2) is 37.5 Å². The van der Waals surface area contributed by atoms with Gasteiger partial charge in [-0.15, -0.1) is 10.2 Å². The number of phenolic OH excluding ortho intramolecular Hbond substituents is 1. The highest BCUT2D eigenvalue weighted by Crippen LogP contribution is 2.38. The highest BCUT2D eigenvalue weighted by Gasteiger charge is 2.31. The number of alkyl halides is 3. The zero-order valence-corrected chi connectivity index (χ0v) is 14.6. The molecule has 3 aromatic rings. The Hall–Kier alpha value is -2.94. The third kappa shape index (κ3) is 3.45. The van der Waals surface area contributed by atoms with E-state index in [1.165, 1.54) is 12.3 Å². The second-order valence-electron chi connectivity index (χ2n) is 6.86. The first-order valence-electron chi connectivity index (χ1n) is 8.78. The minimum atomic E-state index is -4.55. The van der Waals surface area contributed by atoms with Crippen molar-refractivity contribution in [3.8, 4) is 17.0 Å². The Bertz CT molecular complexity index is 1030. The number of aromatic nitrogens is 3. The Morgan fingerprint density at radius 3 is 2.57 bits per heavy atom. The highest BCUT2D eigenvalue weighted by atomic mass is 19.4. The maximum atomic E-state index is 12.9. The van der Waals surface area contributed by atoms with E-state index in [0.29, 0.717) is 35.5 Å². The Morgan fingerprint density at radius 1 is 1.07 bits per heavy atom. The van der Waals surface area contributed by atoms with Crippen molar-refractivity contribution >= 4 is 16.6 Å². The molecule has 2 heterocycles. The Labute approximate surface area is 158 Å². The van der Waals surface area contributed by atoms with Gasteiger partial charge < -0.3 is 15.5 Å². The third-order valence-electron chi connectivity index (χ3n) is 4.91. The third-order valence-corrected chi connectivity index (χ3v) is 4.91. The number of aliphatic hydroxyl groups excluding tert-OH is 1. The summed E-state index contributed by atoms with van der Waals surface area (Å²) in [6, 6.07) is 4.48. The monoisotopic (exact) mass is 390 g/mol. The molecule has 6 nitrogen and oxygen atoms in total. The number of phenols is 1. The lowest BCUT2D eigenvalue weighted by Crippen LogP contribution is -2.18. The number of hydrogen-bond acceptors (Lipinski definition) is 6. The van der Waals surface area contributed by atoms with Crippen molar-refractivity contribution in [3.63, 3.8) is 0 Å². The van der Waals surface area contributed by atoms with Gasteiger partial charge in [-0.25, -0.2) is 0 Å². The standard InChI is InChI=1S/C19H17F3N4O2/c20-19(21,22)10-1-4-14(16(28)7-10)17-13-5-6-23-9-15(13)18(26-25-17)24-11-2-3-12(27)8-11/h1,4-7,9,11-12,27-28H,2-3,8H2,(H,24,26)/t11?,12-/m0/s1. The molecule has 0 aliphatic heterocycles. The zero-order chi connectivity index (χ0) is 19.9. The summed E-state index contributed by atoms with van der Waals surface area (Å²) in [6.07, 6.45) is 0.335. The average Bonchev–Trinajstić information content (AvgIpc) is 3.06. The second kappa shape index (κ2) is 6.90. The molecule has 1 aliphatic rings. The number of pyridine rings is 1. The van der Waals surface area contributed by atoms with Crippen molar-refractivity contribution in [2.75, 3.05) is 5.32 Å². The summed E-state index contributed by atoms with van der Waals surface area (Å²) in [6.45, 7) is 0. The van der Waals surface area contributed by atoms with Gasteiger partial charge in [0.05, 0.1) is 11.7 Å². The quantitative estimate of drug-likeness (QED) is 0.631. The largest absolute Gasteiger partial charge is 0.507 e. The molecular weight excluding hydrogens is 373 g/mol. The second-order valence-corrected chi connectivity index (χ2v) is 6.86. The first kappa shape index (κ1) is 18.4. The van der Waals surface area contributed by atoms with Crippen molar-refractivity contribution in [2.24, 2.45) is 0 Å². The van der Waals surface area contributed by atoms with Gasteiger partial charge in [0.25, 0.3) is 0 Å². The topological polar surface area (TPSA) is 91.2 Å². The van der Waals surface area contributed by atoms with E-state index in [4.69, 9.17) is 0 Å². The number of aromatic hydroxyl groups is 1. The number of aliphatic hydroxyl groups is 1. The molecule has 0 spiro atoms. The summed E-state index contributed by atoms with van der Waals surface area (Å²) in [4.78, 5) is 4.10. The maximum Gasteiger partial charge on any atom is 0.416 e. The average molecular weight is 390 g/mol. The zero-order valence-electron chi connectivity index (χ0n) is 14.6. The molecule has 0 amide bonds. The van der Waals surface area contributed by atoms with E-state index >= 15 is 0 Å². The summed E-state index contributed by atoms with van der Waals surface area (Å²) in [7, 11) is 0. The van der Waals surface area contributed by atoms with E-state index in [9.17, 15) is 23.4 Å². The van der Waals surface area contributed by atoms with Gasteiger partial charge in [0, 0.05) is 34.8 Å². The van der Waals surface area contributed by atoms with Crippen LogP contribution in [0, 0.1) is 0 Å². The number of nitrogens with zero attached hydrogens (tertiary/aromatic N) is 3. The first-order chi connectivity index (χ1) is 13.3. The summed E-state index contributed by atoms with van der Waals surface area (Å²) in [5, 5.41) is 32.7. The summed E-state index contributed by atoms with van der Waals surface area (Å²) in [5.41, 5.74) is -0.522. The van der Waals surface area contributed by atoms with Crippen LogP contribution < -0.4 is 5.32 Å². The van der Waals surface area contributed by atoms with Crippen molar-refractivity contribution < 1.29 is 23.4 Å². The van der Waals surface area contributed by atoms with Crippen LogP contribution in [-0.2, 0) is 6.18 Å². The number of fused-ring (bicyclic) bond motifs is 1. The number of hydrogen-bond donors (Lipinski definition) is 3.